The van der Waals surface area contributed by atoms with Crippen LogP contribution < -0.4 is 0 Å². The van der Waals surface area contributed by atoms with Crippen LogP contribution in [0.1, 0.15) is 16.7 Å². The van der Waals surface area contributed by atoms with E-state index in [1.807, 2.05) is 6.07 Å². The number of oxime groups is 1. The van der Waals surface area contributed by atoms with Crippen molar-refractivity contribution in [3.05, 3.63) is 71.0 Å². The second kappa shape index (κ2) is 6.31. The Labute approximate surface area is 110 Å². The summed E-state index contributed by atoms with van der Waals surface area (Å²) in [6.07, 6.45) is 1.51. The Balaban J connectivity index is 1.89. The van der Waals surface area contributed by atoms with E-state index in [4.69, 9.17) is 10.1 Å². The van der Waals surface area contributed by atoms with Gasteiger partial charge in [-0.2, -0.15) is 5.26 Å². The summed E-state index contributed by atoms with van der Waals surface area (Å²) in [6.45, 7) is 0.285. The first-order valence-electron chi connectivity index (χ1n) is 5.68. The third-order valence-corrected chi connectivity index (χ3v) is 2.43. The van der Waals surface area contributed by atoms with Gasteiger partial charge < -0.3 is 4.84 Å². The number of hydrogen-bond acceptors (Lipinski definition) is 3. The Morgan fingerprint density at radius 1 is 1.21 bits per heavy atom. The minimum Gasteiger partial charge on any atom is -0.391 e. The van der Waals surface area contributed by atoms with Gasteiger partial charge in [-0.1, -0.05) is 29.4 Å². The first-order valence-corrected chi connectivity index (χ1v) is 5.68. The molecule has 3 nitrogen and oxygen atoms in total. The average molecular weight is 254 g/mol. The third kappa shape index (κ3) is 3.93. The van der Waals surface area contributed by atoms with Crippen LogP contribution in [0.2, 0.25) is 0 Å². The molecule has 0 saturated carbocycles. The minimum atomic E-state index is -0.286. The van der Waals surface area contributed by atoms with Gasteiger partial charge in [0.15, 0.2) is 0 Å². The van der Waals surface area contributed by atoms with Crippen LogP contribution in [-0.2, 0) is 11.4 Å². The van der Waals surface area contributed by atoms with Crippen LogP contribution in [0.4, 0.5) is 4.39 Å². The molecule has 19 heavy (non-hydrogen) atoms. The highest BCUT2D eigenvalue weighted by atomic mass is 19.1. The molecule has 2 aromatic rings. The lowest BCUT2D eigenvalue weighted by atomic mass is 10.1. The second-order valence-corrected chi connectivity index (χ2v) is 3.87. The predicted octanol–water partition coefficient (Wildman–Crippen LogP) is 3.25. The second-order valence-electron chi connectivity index (χ2n) is 3.87. The molecule has 0 saturated heterocycles. The number of rotatable bonds is 4. The molecule has 0 radical (unpaired) electrons. The first kappa shape index (κ1) is 12.8. The number of hydrogen-bond donors (Lipinski definition) is 0. The van der Waals surface area contributed by atoms with Gasteiger partial charge in [0.2, 0.25) is 0 Å². The summed E-state index contributed by atoms with van der Waals surface area (Å²) in [6, 6.07) is 15.1. The van der Waals surface area contributed by atoms with Crippen molar-refractivity contribution in [2.75, 3.05) is 0 Å². The maximum Gasteiger partial charge on any atom is 0.142 e. The smallest absolute Gasteiger partial charge is 0.142 e. The fourth-order valence-corrected chi connectivity index (χ4v) is 1.49. The van der Waals surface area contributed by atoms with Crippen molar-refractivity contribution in [2.45, 2.75) is 6.61 Å². The fraction of sp³-hybridized carbons (Fsp3) is 0.0667. The van der Waals surface area contributed by atoms with Crippen molar-refractivity contribution >= 4 is 6.21 Å². The summed E-state index contributed by atoms with van der Waals surface area (Å²) < 4.78 is 12.7. The first-order chi connectivity index (χ1) is 9.28. The number of benzene rings is 2. The Morgan fingerprint density at radius 3 is 2.74 bits per heavy atom. The van der Waals surface area contributed by atoms with E-state index in [1.165, 1.54) is 18.3 Å². The van der Waals surface area contributed by atoms with Crippen LogP contribution in [0.25, 0.3) is 0 Å². The van der Waals surface area contributed by atoms with Crippen LogP contribution >= 0.6 is 0 Å². The molecule has 0 heterocycles. The number of nitriles is 1. The van der Waals surface area contributed by atoms with Crippen LogP contribution in [-0.4, -0.2) is 6.21 Å². The largest absolute Gasteiger partial charge is 0.391 e. The summed E-state index contributed by atoms with van der Waals surface area (Å²) in [4.78, 5) is 5.12. The van der Waals surface area contributed by atoms with Gasteiger partial charge in [0, 0.05) is 0 Å². The molecule has 0 bridgehead atoms. The van der Waals surface area contributed by atoms with Crippen molar-refractivity contribution in [3.63, 3.8) is 0 Å². The van der Waals surface area contributed by atoms with E-state index in [9.17, 15) is 4.39 Å². The summed E-state index contributed by atoms with van der Waals surface area (Å²) in [5, 5.41) is 12.5. The topological polar surface area (TPSA) is 45.4 Å². The van der Waals surface area contributed by atoms with Crippen LogP contribution in [0, 0.1) is 17.1 Å². The SMILES string of the molecule is N#Cc1cccc(CON=Cc2ccc(F)cc2)c1. The zero-order chi connectivity index (χ0) is 13.5. The van der Waals surface area contributed by atoms with Gasteiger partial charge in [0.25, 0.3) is 0 Å². The van der Waals surface area contributed by atoms with E-state index < -0.39 is 0 Å². The summed E-state index contributed by atoms with van der Waals surface area (Å²) in [5.41, 5.74) is 2.21. The molecule has 0 unspecified atom stereocenters. The molecule has 0 spiro atoms. The van der Waals surface area contributed by atoms with Crippen molar-refractivity contribution in [1.82, 2.24) is 0 Å². The molecular formula is C15H11FN2O. The Bertz CT molecular complexity index is 615. The van der Waals surface area contributed by atoms with Gasteiger partial charge in [-0.15, -0.1) is 0 Å². The van der Waals surface area contributed by atoms with Gasteiger partial charge in [0.05, 0.1) is 17.8 Å². The highest BCUT2D eigenvalue weighted by Crippen LogP contribution is 2.06. The highest BCUT2D eigenvalue weighted by Gasteiger charge is 1.95. The standard InChI is InChI=1S/C15H11FN2O/c16-15-6-4-12(5-7-15)10-18-19-11-14-3-1-2-13(8-14)9-17/h1-8,10H,11H2. The Kier molecular flexibility index (Phi) is 4.25. The van der Waals surface area contributed by atoms with Gasteiger partial charge >= 0.3 is 0 Å². The molecule has 0 aliphatic rings. The van der Waals surface area contributed by atoms with Gasteiger partial charge in [0.1, 0.15) is 12.4 Å². The molecular weight excluding hydrogens is 243 g/mol. The van der Waals surface area contributed by atoms with E-state index in [0.29, 0.717) is 5.56 Å². The molecule has 0 amide bonds. The molecule has 0 aliphatic carbocycles. The molecule has 0 N–H and O–H groups in total. The normalized spacial score (nSPS) is 10.3. The van der Waals surface area contributed by atoms with E-state index in [1.54, 1.807) is 30.3 Å². The van der Waals surface area contributed by atoms with Crippen LogP contribution in [0.15, 0.2) is 53.7 Å². The lowest BCUT2D eigenvalue weighted by Crippen LogP contribution is -1.89. The molecule has 2 aromatic carbocycles. The summed E-state index contributed by atoms with van der Waals surface area (Å²) in [5.74, 6) is -0.286. The molecule has 4 heteroatoms. The van der Waals surface area contributed by atoms with Gasteiger partial charge in [-0.05, 0) is 35.4 Å². The molecule has 0 aliphatic heterocycles. The van der Waals surface area contributed by atoms with Crippen molar-refractivity contribution < 1.29 is 9.23 Å². The van der Waals surface area contributed by atoms with E-state index in [2.05, 4.69) is 11.2 Å². The maximum atomic E-state index is 12.7. The maximum absolute atomic E-state index is 12.7. The van der Waals surface area contributed by atoms with Gasteiger partial charge in [-0.25, -0.2) is 4.39 Å². The predicted molar refractivity (Wildman–Crippen MR) is 69.9 cm³/mol. The summed E-state index contributed by atoms with van der Waals surface area (Å²) >= 11 is 0. The lowest BCUT2D eigenvalue weighted by Gasteiger charge is -2.00. The Hall–Kier alpha value is -2.67. The minimum absolute atomic E-state index is 0.285. The monoisotopic (exact) mass is 254 g/mol. The molecule has 0 atom stereocenters. The fourth-order valence-electron chi connectivity index (χ4n) is 1.49. The number of nitrogens with zero attached hydrogens (tertiary/aromatic N) is 2. The van der Waals surface area contributed by atoms with Crippen LogP contribution in [0.5, 0.6) is 0 Å². The van der Waals surface area contributed by atoms with Crippen molar-refractivity contribution in [3.8, 4) is 6.07 Å². The quantitative estimate of drug-likeness (QED) is 0.621. The average Bonchev–Trinajstić information content (AvgIpc) is 2.46. The molecule has 0 aromatic heterocycles. The van der Waals surface area contributed by atoms with E-state index in [0.717, 1.165) is 11.1 Å². The lowest BCUT2D eigenvalue weighted by molar-refractivity contribution is 0.132. The zero-order valence-corrected chi connectivity index (χ0v) is 10.1. The van der Waals surface area contributed by atoms with E-state index in [-0.39, 0.29) is 12.4 Å². The number of halogens is 1. The van der Waals surface area contributed by atoms with Gasteiger partial charge in [-0.3, -0.25) is 0 Å². The Morgan fingerprint density at radius 2 is 2.00 bits per heavy atom. The third-order valence-electron chi connectivity index (χ3n) is 2.43. The van der Waals surface area contributed by atoms with Crippen LogP contribution in [0.3, 0.4) is 0 Å². The highest BCUT2D eigenvalue weighted by molar-refractivity contribution is 5.78. The summed E-state index contributed by atoms with van der Waals surface area (Å²) in [7, 11) is 0. The zero-order valence-electron chi connectivity index (χ0n) is 10.1. The van der Waals surface area contributed by atoms with Crippen molar-refractivity contribution in [2.24, 2.45) is 5.16 Å². The van der Waals surface area contributed by atoms with Crippen molar-refractivity contribution in [1.29, 1.82) is 5.26 Å². The molecule has 0 fully saturated rings. The molecule has 2 rings (SSSR count). The van der Waals surface area contributed by atoms with E-state index >= 15 is 0 Å². The molecule has 94 valence electrons.